The lowest BCUT2D eigenvalue weighted by Gasteiger charge is -2.25. The van der Waals surface area contributed by atoms with Crippen LogP contribution in [0.2, 0.25) is 0 Å². The van der Waals surface area contributed by atoms with Gasteiger partial charge in [-0.3, -0.25) is 4.90 Å². The van der Waals surface area contributed by atoms with Crippen LogP contribution in [-0.4, -0.2) is 49.3 Å². The molecule has 0 aliphatic carbocycles. The third-order valence-corrected chi connectivity index (χ3v) is 1.63. The van der Waals surface area contributed by atoms with Gasteiger partial charge in [0.05, 0.1) is 6.61 Å². The summed E-state index contributed by atoms with van der Waals surface area (Å²) >= 11 is 0. The summed E-state index contributed by atoms with van der Waals surface area (Å²) in [7, 11) is 0. The number of β-amino-alcohol motifs (C(OH)–C–C–N with tert-alkyl or cyclic N) is 1. The number of rotatable bonds is 2. The molecule has 0 bridgehead atoms. The van der Waals surface area contributed by atoms with Crippen LogP contribution in [0.1, 0.15) is 0 Å². The molecule has 62 valence electrons. The van der Waals surface area contributed by atoms with E-state index in [0.717, 1.165) is 32.7 Å². The fraction of sp³-hybridized carbons (Fsp3) is 1.00. The summed E-state index contributed by atoms with van der Waals surface area (Å²) in [4.78, 5) is 2.26. The van der Waals surface area contributed by atoms with Crippen molar-refractivity contribution in [3.05, 3.63) is 0 Å². The first-order valence-corrected chi connectivity index (χ1v) is 3.47. The molecule has 0 aromatic rings. The van der Waals surface area contributed by atoms with E-state index in [4.69, 9.17) is 5.11 Å². The Morgan fingerprint density at radius 1 is 1.30 bits per heavy atom. The molecule has 0 spiro atoms. The first-order chi connectivity index (χ1) is 4.43. The number of nitrogens with zero attached hydrogens (tertiary/aromatic N) is 1. The summed E-state index contributed by atoms with van der Waals surface area (Å²) in [5, 5.41) is 11.8. The Kier molecular flexibility index (Phi) is 5.52. The molecule has 5 N–H and O–H groups in total. The van der Waals surface area contributed by atoms with E-state index in [9.17, 15) is 0 Å². The Hall–Kier alpha value is -0.160. The number of hydrogen-bond donors (Lipinski definition) is 3. The van der Waals surface area contributed by atoms with Crippen molar-refractivity contribution >= 4 is 0 Å². The lowest BCUT2D eigenvalue weighted by molar-refractivity contribution is 0.180. The molecule has 4 heteroatoms. The lowest BCUT2D eigenvalue weighted by atomic mass is 10.4. The fourth-order valence-corrected chi connectivity index (χ4v) is 1.08. The van der Waals surface area contributed by atoms with Crippen LogP contribution in [-0.2, 0) is 0 Å². The van der Waals surface area contributed by atoms with Gasteiger partial charge in [-0.1, -0.05) is 0 Å². The summed E-state index contributed by atoms with van der Waals surface area (Å²) < 4.78 is 0. The number of hydrogen-bond acceptors (Lipinski definition) is 4. The first-order valence-electron chi connectivity index (χ1n) is 3.47. The number of aliphatic hydroxyl groups excluding tert-OH is 1. The highest BCUT2D eigenvalue weighted by molar-refractivity contribution is 4.66. The Morgan fingerprint density at radius 2 is 1.90 bits per heavy atom. The van der Waals surface area contributed by atoms with E-state index in [1.54, 1.807) is 0 Å². The lowest BCUT2D eigenvalue weighted by Crippen LogP contribution is -2.44. The zero-order valence-electron chi connectivity index (χ0n) is 6.34. The minimum absolute atomic E-state index is 0. The third-order valence-electron chi connectivity index (χ3n) is 1.63. The Balaban J connectivity index is 0.000000810. The van der Waals surface area contributed by atoms with Crippen molar-refractivity contribution in [2.45, 2.75) is 0 Å². The van der Waals surface area contributed by atoms with Crippen LogP contribution >= 0.6 is 0 Å². The van der Waals surface area contributed by atoms with Crippen LogP contribution in [0.4, 0.5) is 0 Å². The molecular formula is C6H17N3O. The van der Waals surface area contributed by atoms with Crippen LogP contribution in [0.5, 0.6) is 0 Å². The summed E-state index contributed by atoms with van der Waals surface area (Å²) in [5.74, 6) is 0. The second-order valence-corrected chi connectivity index (χ2v) is 2.32. The van der Waals surface area contributed by atoms with E-state index < -0.39 is 0 Å². The van der Waals surface area contributed by atoms with Crippen molar-refractivity contribution in [3.63, 3.8) is 0 Å². The Bertz CT molecular complexity index is 70.6. The van der Waals surface area contributed by atoms with Crippen LogP contribution in [0.3, 0.4) is 0 Å². The van der Waals surface area contributed by atoms with Gasteiger partial charge >= 0.3 is 0 Å². The summed E-state index contributed by atoms with van der Waals surface area (Å²) in [6.45, 7) is 5.43. The van der Waals surface area contributed by atoms with Crippen LogP contribution in [0.15, 0.2) is 0 Å². The fourth-order valence-electron chi connectivity index (χ4n) is 1.08. The van der Waals surface area contributed by atoms with Gasteiger partial charge in [0, 0.05) is 32.7 Å². The zero-order valence-corrected chi connectivity index (χ0v) is 6.34. The first kappa shape index (κ1) is 9.84. The molecule has 1 heterocycles. The summed E-state index contributed by atoms with van der Waals surface area (Å²) in [6.07, 6.45) is 0. The average molecular weight is 147 g/mol. The molecule has 0 saturated carbocycles. The molecule has 4 nitrogen and oxygen atoms in total. The molecule has 0 amide bonds. The largest absolute Gasteiger partial charge is 0.395 e. The monoisotopic (exact) mass is 147 g/mol. The standard InChI is InChI=1S/C6H14N2O.H3N/c9-6-5-8-3-1-7-2-4-8;/h7,9H,1-6H2;1H3. The van der Waals surface area contributed by atoms with Gasteiger partial charge in [-0.25, -0.2) is 0 Å². The van der Waals surface area contributed by atoms with Gasteiger partial charge in [-0.15, -0.1) is 0 Å². The van der Waals surface area contributed by atoms with Gasteiger partial charge in [-0.05, 0) is 0 Å². The smallest absolute Gasteiger partial charge is 0.0558 e. The van der Waals surface area contributed by atoms with Crippen LogP contribution < -0.4 is 11.5 Å². The normalized spacial score (nSPS) is 20.1. The van der Waals surface area contributed by atoms with Gasteiger partial charge in [0.15, 0.2) is 0 Å². The molecule has 10 heavy (non-hydrogen) atoms. The second kappa shape index (κ2) is 5.61. The van der Waals surface area contributed by atoms with E-state index >= 15 is 0 Å². The SMILES string of the molecule is N.OCCN1CCNCC1. The van der Waals surface area contributed by atoms with Gasteiger partial charge in [0.2, 0.25) is 0 Å². The van der Waals surface area contributed by atoms with Gasteiger partial charge in [-0.2, -0.15) is 0 Å². The van der Waals surface area contributed by atoms with Gasteiger partial charge < -0.3 is 16.6 Å². The van der Waals surface area contributed by atoms with Crippen molar-refractivity contribution in [1.82, 2.24) is 16.4 Å². The molecule has 1 saturated heterocycles. The maximum atomic E-state index is 8.56. The topological polar surface area (TPSA) is 70.5 Å². The highest BCUT2D eigenvalue weighted by atomic mass is 16.3. The molecule has 0 radical (unpaired) electrons. The Morgan fingerprint density at radius 3 is 2.40 bits per heavy atom. The molecule has 0 aromatic heterocycles. The van der Waals surface area contributed by atoms with Crippen molar-refractivity contribution in [2.24, 2.45) is 0 Å². The van der Waals surface area contributed by atoms with Gasteiger partial charge in [0.25, 0.3) is 0 Å². The predicted octanol–water partition coefficient (Wildman–Crippen LogP) is -0.954. The van der Waals surface area contributed by atoms with Crippen molar-refractivity contribution in [3.8, 4) is 0 Å². The third kappa shape index (κ3) is 3.12. The van der Waals surface area contributed by atoms with E-state index in [-0.39, 0.29) is 6.15 Å². The molecular weight excluding hydrogens is 130 g/mol. The van der Waals surface area contributed by atoms with Gasteiger partial charge in [0.1, 0.15) is 0 Å². The Labute approximate surface area is 61.8 Å². The predicted molar refractivity (Wildman–Crippen MR) is 41.4 cm³/mol. The highest BCUT2D eigenvalue weighted by Crippen LogP contribution is 1.88. The zero-order chi connectivity index (χ0) is 6.53. The highest BCUT2D eigenvalue weighted by Gasteiger charge is 2.06. The molecule has 0 aromatic carbocycles. The molecule has 1 aliphatic rings. The number of nitrogens with one attached hydrogen (secondary N) is 1. The molecule has 0 atom stereocenters. The molecule has 1 rings (SSSR count). The maximum Gasteiger partial charge on any atom is 0.0558 e. The van der Waals surface area contributed by atoms with Crippen LogP contribution in [0.25, 0.3) is 0 Å². The second-order valence-electron chi connectivity index (χ2n) is 2.32. The molecule has 1 fully saturated rings. The molecule has 0 unspecified atom stereocenters. The summed E-state index contributed by atoms with van der Waals surface area (Å²) in [6, 6.07) is 0. The minimum atomic E-state index is 0. The maximum absolute atomic E-state index is 8.56. The minimum Gasteiger partial charge on any atom is -0.395 e. The number of piperazine rings is 1. The van der Waals surface area contributed by atoms with E-state index in [1.165, 1.54) is 0 Å². The van der Waals surface area contributed by atoms with E-state index in [1.807, 2.05) is 0 Å². The summed E-state index contributed by atoms with van der Waals surface area (Å²) in [5.41, 5.74) is 0. The van der Waals surface area contributed by atoms with E-state index in [0.29, 0.717) is 6.61 Å². The van der Waals surface area contributed by atoms with Crippen molar-refractivity contribution in [2.75, 3.05) is 39.3 Å². The average Bonchev–Trinajstić information content (AvgIpc) is 1.91. The van der Waals surface area contributed by atoms with E-state index in [2.05, 4.69) is 10.2 Å². The van der Waals surface area contributed by atoms with Crippen molar-refractivity contribution < 1.29 is 5.11 Å². The van der Waals surface area contributed by atoms with Crippen LogP contribution in [0, 0.1) is 0 Å². The number of aliphatic hydroxyl groups is 1. The van der Waals surface area contributed by atoms with Crippen molar-refractivity contribution in [1.29, 1.82) is 0 Å². The quantitative estimate of drug-likeness (QED) is 0.471. The molecule has 1 aliphatic heterocycles.